The van der Waals surface area contributed by atoms with Crippen molar-refractivity contribution in [1.82, 2.24) is 5.32 Å². The second-order valence-electron chi connectivity index (χ2n) is 3.07. The van der Waals surface area contributed by atoms with Gasteiger partial charge in [-0.15, -0.1) is 0 Å². The van der Waals surface area contributed by atoms with Gasteiger partial charge in [-0.3, -0.25) is 0 Å². The Bertz CT molecular complexity index is 425. The first-order chi connectivity index (χ1) is 7.24. The van der Waals surface area contributed by atoms with Crippen LogP contribution in [0.15, 0.2) is 57.5 Å². The molecule has 2 aromatic carbocycles. The van der Waals surface area contributed by atoms with Gasteiger partial charge in [-0.2, -0.15) is 0 Å². The minimum absolute atomic E-state index is 0.947. The Kier molecular flexibility index (Phi) is 3.44. The molecule has 3 heteroatoms. The van der Waals surface area contributed by atoms with Crippen LogP contribution in [0.3, 0.4) is 0 Å². The van der Waals surface area contributed by atoms with Gasteiger partial charge in [0.15, 0.2) is 0 Å². The molecule has 0 saturated carbocycles. The molecule has 0 atom stereocenters. The molecule has 0 spiro atoms. The lowest BCUT2D eigenvalue weighted by Crippen LogP contribution is -1.87. The van der Waals surface area contributed by atoms with Crippen molar-refractivity contribution in [3.05, 3.63) is 57.5 Å². The first-order valence-electron chi connectivity index (χ1n) is 4.47. The van der Waals surface area contributed by atoms with Crippen LogP contribution in [0.4, 0.5) is 11.4 Å². The zero-order valence-electron chi connectivity index (χ0n) is 7.82. The van der Waals surface area contributed by atoms with E-state index in [4.69, 9.17) is 0 Å². The molecule has 2 rings (SSSR count). The van der Waals surface area contributed by atoms with Crippen molar-refractivity contribution >= 4 is 43.2 Å². The van der Waals surface area contributed by atoms with E-state index >= 15 is 0 Å². The molecule has 1 nitrogen and oxygen atoms in total. The fourth-order valence-electron chi connectivity index (χ4n) is 1.24. The summed E-state index contributed by atoms with van der Waals surface area (Å²) in [6.45, 7) is 0. The van der Waals surface area contributed by atoms with Gasteiger partial charge in [0, 0.05) is 8.95 Å². The molecule has 1 radical (unpaired) electrons. The molecular formula is C12H8Br2N. The first-order valence-corrected chi connectivity index (χ1v) is 6.05. The molecule has 0 aromatic heterocycles. The Hall–Kier alpha value is -0.800. The van der Waals surface area contributed by atoms with Gasteiger partial charge >= 0.3 is 0 Å². The predicted molar refractivity (Wildman–Crippen MR) is 69.7 cm³/mol. The van der Waals surface area contributed by atoms with Crippen LogP contribution in [0.5, 0.6) is 0 Å². The highest BCUT2D eigenvalue weighted by Gasteiger charge is 1.97. The summed E-state index contributed by atoms with van der Waals surface area (Å²) in [6, 6.07) is 15.8. The van der Waals surface area contributed by atoms with Crippen molar-refractivity contribution in [2.45, 2.75) is 0 Å². The van der Waals surface area contributed by atoms with Crippen LogP contribution >= 0.6 is 31.9 Å². The molecule has 0 N–H and O–H groups in total. The maximum Gasteiger partial charge on any atom is 0.0648 e. The van der Waals surface area contributed by atoms with Crippen molar-refractivity contribution in [3.63, 3.8) is 0 Å². The van der Waals surface area contributed by atoms with Gasteiger partial charge in [0.05, 0.1) is 11.4 Å². The van der Waals surface area contributed by atoms with Crippen LogP contribution in [0, 0.1) is 0 Å². The lowest BCUT2D eigenvalue weighted by molar-refractivity contribution is 1.18. The van der Waals surface area contributed by atoms with Crippen LogP contribution in [-0.2, 0) is 0 Å². The monoisotopic (exact) mass is 324 g/mol. The van der Waals surface area contributed by atoms with Gasteiger partial charge in [-0.05, 0) is 36.4 Å². The second-order valence-corrected chi connectivity index (χ2v) is 4.90. The minimum Gasteiger partial charge on any atom is -0.249 e. The number of halogens is 2. The quantitative estimate of drug-likeness (QED) is 0.754. The maximum absolute atomic E-state index is 4.50. The molecule has 0 heterocycles. The summed E-state index contributed by atoms with van der Waals surface area (Å²) >= 11 is 6.84. The number of hydrogen-bond donors (Lipinski definition) is 0. The molecule has 0 amide bonds. The fourth-order valence-corrected chi connectivity index (χ4v) is 2.01. The van der Waals surface area contributed by atoms with Crippen LogP contribution in [0.1, 0.15) is 0 Å². The normalized spacial score (nSPS) is 10.0. The van der Waals surface area contributed by atoms with Gasteiger partial charge < -0.3 is 0 Å². The SMILES string of the molecule is Brc1cccc([N]c2cccc(Br)c2)c1. The van der Waals surface area contributed by atoms with E-state index in [2.05, 4.69) is 37.2 Å². The van der Waals surface area contributed by atoms with Gasteiger partial charge in [0.1, 0.15) is 0 Å². The molecular weight excluding hydrogens is 318 g/mol. The van der Waals surface area contributed by atoms with Crippen LogP contribution < -0.4 is 5.32 Å². The number of benzene rings is 2. The third-order valence-corrected chi connectivity index (χ3v) is 2.86. The Morgan fingerprint density at radius 2 is 1.20 bits per heavy atom. The molecule has 0 fully saturated rings. The van der Waals surface area contributed by atoms with E-state index in [1.807, 2.05) is 48.5 Å². The third kappa shape index (κ3) is 3.08. The Morgan fingerprint density at radius 1 is 0.733 bits per heavy atom. The van der Waals surface area contributed by atoms with Crippen LogP contribution in [0.25, 0.3) is 0 Å². The van der Waals surface area contributed by atoms with Crippen molar-refractivity contribution in [3.8, 4) is 0 Å². The second kappa shape index (κ2) is 4.81. The van der Waals surface area contributed by atoms with Crippen molar-refractivity contribution in [2.24, 2.45) is 0 Å². The number of rotatable bonds is 2. The minimum atomic E-state index is 0.947. The highest BCUT2D eigenvalue weighted by Crippen LogP contribution is 2.22. The zero-order valence-corrected chi connectivity index (χ0v) is 11.0. The van der Waals surface area contributed by atoms with Crippen molar-refractivity contribution in [2.75, 3.05) is 0 Å². The molecule has 0 unspecified atom stereocenters. The summed E-state index contributed by atoms with van der Waals surface area (Å²) in [7, 11) is 0. The average Bonchev–Trinajstić information content (AvgIpc) is 2.17. The number of nitrogens with zero attached hydrogens (tertiary/aromatic N) is 1. The lowest BCUT2D eigenvalue weighted by Gasteiger charge is -2.03. The Labute approximate surface area is 106 Å². The molecule has 0 aliphatic heterocycles. The van der Waals surface area contributed by atoms with E-state index in [1.54, 1.807) is 0 Å². The Balaban J connectivity index is 2.22. The predicted octanol–water partition coefficient (Wildman–Crippen LogP) is 4.78. The van der Waals surface area contributed by atoms with Gasteiger partial charge in [-0.25, -0.2) is 5.32 Å². The van der Waals surface area contributed by atoms with E-state index in [0.29, 0.717) is 0 Å². The van der Waals surface area contributed by atoms with E-state index < -0.39 is 0 Å². The topological polar surface area (TPSA) is 14.1 Å². The summed E-state index contributed by atoms with van der Waals surface area (Å²) in [6.07, 6.45) is 0. The summed E-state index contributed by atoms with van der Waals surface area (Å²) < 4.78 is 2.08. The van der Waals surface area contributed by atoms with E-state index in [1.165, 1.54) is 0 Å². The largest absolute Gasteiger partial charge is 0.249 e. The van der Waals surface area contributed by atoms with Crippen molar-refractivity contribution < 1.29 is 0 Å². The summed E-state index contributed by atoms with van der Waals surface area (Å²) in [5, 5.41) is 4.50. The molecule has 0 bridgehead atoms. The molecule has 0 aliphatic carbocycles. The average molecular weight is 326 g/mol. The van der Waals surface area contributed by atoms with Gasteiger partial charge in [0.2, 0.25) is 0 Å². The van der Waals surface area contributed by atoms with Gasteiger partial charge in [-0.1, -0.05) is 44.0 Å². The van der Waals surface area contributed by atoms with Crippen molar-refractivity contribution in [1.29, 1.82) is 0 Å². The molecule has 15 heavy (non-hydrogen) atoms. The maximum atomic E-state index is 4.50. The summed E-state index contributed by atoms with van der Waals surface area (Å²) in [5.74, 6) is 0. The standard InChI is InChI=1S/C12H8Br2N/c13-9-3-1-5-11(7-9)15-12-6-2-4-10(14)8-12/h1-8H. The highest BCUT2D eigenvalue weighted by molar-refractivity contribution is 9.10. The zero-order chi connectivity index (χ0) is 10.7. The molecule has 75 valence electrons. The summed E-state index contributed by atoms with van der Waals surface area (Å²) in [4.78, 5) is 0. The van der Waals surface area contributed by atoms with E-state index in [-0.39, 0.29) is 0 Å². The van der Waals surface area contributed by atoms with Gasteiger partial charge in [0.25, 0.3) is 0 Å². The Morgan fingerprint density at radius 3 is 1.60 bits per heavy atom. The smallest absolute Gasteiger partial charge is 0.0648 e. The highest BCUT2D eigenvalue weighted by atomic mass is 79.9. The third-order valence-electron chi connectivity index (χ3n) is 1.87. The number of hydrogen-bond acceptors (Lipinski definition) is 0. The molecule has 0 saturated heterocycles. The molecule has 0 aliphatic rings. The molecule has 2 aromatic rings. The lowest BCUT2D eigenvalue weighted by atomic mass is 10.3. The first kappa shape index (κ1) is 10.7. The summed E-state index contributed by atoms with van der Waals surface area (Å²) in [5.41, 5.74) is 1.89. The van der Waals surface area contributed by atoms with Crippen LogP contribution in [0.2, 0.25) is 0 Å². The fraction of sp³-hybridized carbons (Fsp3) is 0. The van der Waals surface area contributed by atoms with Crippen LogP contribution in [-0.4, -0.2) is 0 Å². The van der Waals surface area contributed by atoms with E-state index in [0.717, 1.165) is 20.3 Å². The van der Waals surface area contributed by atoms with E-state index in [9.17, 15) is 0 Å².